The van der Waals surface area contributed by atoms with Crippen molar-refractivity contribution in [1.29, 1.82) is 0 Å². The number of benzene rings is 1. The molecule has 0 bridgehead atoms. The second kappa shape index (κ2) is 7.30. The van der Waals surface area contributed by atoms with E-state index in [0.717, 1.165) is 5.56 Å². The van der Waals surface area contributed by atoms with E-state index in [2.05, 4.69) is 15.3 Å². The maximum atomic E-state index is 5.98. The van der Waals surface area contributed by atoms with Gasteiger partial charge in [-0.15, -0.1) is 0 Å². The van der Waals surface area contributed by atoms with Gasteiger partial charge in [-0.3, -0.25) is 0 Å². The Morgan fingerprint density at radius 1 is 1.15 bits per heavy atom. The van der Waals surface area contributed by atoms with E-state index in [4.69, 9.17) is 15.2 Å². The summed E-state index contributed by atoms with van der Waals surface area (Å²) in [4.78, 5) is 8.14. The summed E-state index contributed by atoms with van der Waals surface area (Å²) in [6, 6.07) is 10.0. The zero-order valence-electron chi connectivity index (χ0n) is 11.4. The van der Waals surface area contributed by atoms with E-state index in [0.29, 0.717) is 37.1 Å². The molecule has 0 saturated heterocycles. The van der Waals surface area contributed by atoms with Crippen molar-refractivity contribution in [2.45, 2.75) is 6.54 Å². The molecule has 0 atom stereocenters. The summed E-state index contributed by atoms with van der Waals surface area (Å²) in [5.41, 5.74) is 7.52. The number of anilines is 2. The van der Waals surface area contributed by atoms with Gasteiger partial charge in [0.25, 0.3) is 0 Å². The maximum absolute atomic E-state index is 5.98. The third kappa shape index (κ3) is 3.83. The molecule has 106 valence electrons. The first-order chi connectivity index (χ1) is 9.81. The third-order valence-electron chi connectivity index (χ3n) is 2.68. The molecular formula is C14H18N4O2. The molecule has 3 N–H and O–H groups in total. The summed E-state index contributed by atoms with van der Waals surface area (Å²) in [6.45, 7) is 1.52. The molecule has 6 heteroatoms. The van der Waals surface area contributed by atoms with Crippen molar-refractivity contribution < 1.29 is 9.47 Å². The number of methoxy groups -OCH3 is 1. The first-order valence-corrected chi connectivity index (χ1v) is 6.31. The molecule has 2 rings (SSSR count). The van der Waals surface area contributed by atoms with E-state index < -0.39 is 0 Å². The summed E-state index contributed by atoms with van der Waals surface area (Å²) in [5.74, 6) is 0.934. The summed E-state index contributed by atoms with van der Waals surface area (Å²) in [7, 11) is 1.61. The average Bonchev–Trinajstić information content (AvgIpc) is 2.49. The summed E-state index contributed by atoms with van der Waals surface area (Å²) >= 11 is 0. The van der Waals surface area contributed by atoms with Crippen molar-refractivity contribution in [3.8, 4) is 5.88 Å². The standard InChI is InChI=1S/C14H18N4O2/c1-19-7-8-20-14-12(15)13(17-10-18-14)16-9-11-5-3-2-4-6-11/h2-6,10H,7-9,15H2,1H3,(H,16,17,18). The largest absolute Gasteiger partial charge is 0.474 e. The van der Waals surface area contributed by atoms with Crippen molar-refractivity contribution in [3.63, 3.8) is 0 Å². The van der Waals surface area contributed by atoms with Gasteiger partial charge in [-0.1, -0.05) is 30.3 Å². The Kier molecular flexibility index (Phi) is 5.14. The molecule has 2 aromatic rings. The van der Waals surface area contributed by atoms with Crippen LogP contribution in [0.3, 0.4) is 0 Å². The van der Waals surface area contributed by atoms with Gasteiger partial charge < -0.3 is 20.5 Å². The van der Waals surface area contributed by atoms with Gasteiger partial charge in [0.15, 0.2) is 5.82 Å². The van der Waals surface area contributed by atoms with Crippen LogP contribution in [0.4, 0.5) is 11.5 Å². The molecule has 0 radical (unpaired) electrons. The van der Waals surface area contributed by atoms with Gasteiger partial charge in [0.1, 0.15) is 18.6 Å². The second-order valence-electron chi connectivity index (χ2n) is 4.12. The average molecular weight is 274 g/mol. The highest BCUT2D eigenvalue weighted by atomic mass is 16.5. The van der Waals surface area contributed by atoms with Crippen molar-refractivity contribution in [1.82, 2.24) is 9.97 Å². The lowest BCUT2D eigenvalue weighted by Gasteiger charge is -2.11. The van der Waals surface area contributed by atoms with E-state index >= 15 is 0 Å². The topological polar surface area (TPSA) is 82.3 Å². The first-order valence-electron chi connectivity index (χ1n) is 6.31. The lowest BCUT2D eigenvalue weighted by atomic mass is 10.2. The Bertz CT molecular complexity index is 534. The Balaban J connectivity index is 1.99. The maximum Gasteiger partial charge on any atom is 0.242 e. The van der Waals surface area contributed by atoms with Crippen LogP contribution < -0.4 is 15.8 Å². The third-order valence-corrected chi connectivity index (χ3v) is 2.68. The van der Waals surface area contributed by atoms with Gasteiger partial charge in [0.05, 0.1) is 6.61 Å². The molecule has 6 nitrogen and oxygen atoms in total. The predicted molar refractivity (Wildman–Crippen MR) is 77.6 cm³/mol. The number of hydrogen-bond acceptors (Lipinski definition) is 6. The minimum Gasteiger partial charge on any atom is -0.474 e. The monoisotopic (exact) mass is 274 g/mol. The van der Waals surface area contributed by atoms with Gasteiger partial charge in [0, 0.05) is 13.7 Å². The Morgan fingerprint density at radius 2 is 1.95 bits per heavy atom. The fraction of sp³-hybridized carbons (Fsp3) is 0.286. The number of nitrogen functional groups attached to an aromatic ring is 1. The van der Waals surface area contributed by atoms with E-state index in [1.165, 1.54) is 6.33 Å². The second-order valence-corrected chi connectivity index (χ2v) is 4.12. The van der Waals surface area contributed by atoms with Gasteiger partial charge >= 0.3 is 0 Å². The van der Waals surface area contributed by atoms with E-state index in [-0.39, 0.29) is 0 Å². The van der Waals surface area contributed by atoms with Crippen molar-refractivity contribution in [2.75, 3.05) is 31.4 Å². The summed E-state index contributed by atoms with van der Waals surface area (Å²) < 4.78 is 10.3. The van der Waals surface area contributed by atoms with Crippen LogP contribution in [-0.2, 0) is 11.3 Å². The van der Waals surface area contributed by atoms with Crippen LogP contribution in [0.1, 0.15) is 5.56 Å². The lowest BCUT2D eigenvalue weighted by Crippen LogP contribution is -2.10. The minimum atomic E-state index is 0.368. The SMILES string of the molecule is COCCOc1ncnc(NCc2ccccc2)c1N. The minimum absolute atomic E-state index is 0.368. The Labute approximate surface area is 118 Å². The van der Waals surface area contributed by atoms with Crippen molar-refractivity contribution >= 4 is 11.5 Å². The number of rotatable bonds is 7. The molecule has 0 amide bonds. The first kappa shape index (κ1) is 14.1. The molecule has 1 heterocycles. The number of nitrogens with one attached hydrogen (secondary N) is 1. The van der Waals surface area contributed by atoms with Crippen LogP contribution in [-0.4, -0.2) is 30.3 Å². The number of hydrogen-bond donors (Lipinski definition) is 2. The lowest BCUT2D eigenvalue weighted by molar-refractivity contribution is 0.144. The molecular weight excluding hydrogens is 256 g/mol. The summed E-state index contributed by atoms with van der Waals surface area (Å²) in [5, 5.41) is 3.17. The smallest absolute Gasteiger partial charge is 0.242 e. The molecule has 0 aliphatic carbocycles. The van der Waals surface area contributed by atoms with Gasteiger partial charge in [-0.25, -0.2) is 4.98 Å². The molecule has 0 aliphatic heterocycles. The van der Waals surface area contributed by atoms with Gasteiger partial charge in [0.2, 0.25) is 5.88 Å². The van der Waals surface area contributed by atoms with E-state index in [9.17, 15) is 0 Å². The van der Waals surface area contributed by atoms with Crippen LogP contribution in [0.15, 0.2) is 36.7 Å². The molecule has 1 aromatic carbocycles. The number of ether oxygens (including phenoxy) is 2. The Hall–Kier alpha value is -2.34. The molecule has 20 heavy (non-hydrogen) atoms. The highest BCUT2D eigenvalue weighted by molar-refractivity contribution is 5.66. The number of nitrogens with zero attached hydrogens (tertiary/aromatic N) is 2. The molecule has 1 aromatic heterocycles. The fourth-order valence-corrected chi connectivity index (χ4v) is 1.64. The fourth-order valence-electron chi connectivity index (χ4n) is 1.64. The van der Waals surface area contributed by atoms with Crippen LogP contribution >= 0.6 is 0 Å². The summed E-state index contributed by atoms with van der Waals surface area (Å²) in [6.07, 6.45) is 1.42. The molecule has 0 spiro atoms. The van der Waals surface area contributed by atoms with Gasteiger partial charge in [-0.05, 0) is 5.56 Å². The quantitative estimate of drug-likeness (QED) is 0.748. The van der Waals surface area contributed by atoms with Gasteiger partial charge in [-0.2, -0.15) is 4.98 Å². The molecule has 0 fully saturated rings. The molecule has 0 unspecified atom stereocenters. The number of aromatic nitrogens is 2. The van der Waals surface area contributed by atoms with Crippen molar-refractivity contribution in [3.05, 3.63) is 42.2 Å². The predicted octanol–water partition coefficient (Wildman–Crippen LogP) is 1.70. The number of nitrogens with two attached hydrogens (primary N) is 1. The zero-order valence-corrected chi connectivity index (χ0v) is 11.4. The molecule has 0 aliphatic rings. The van der Waals surface area contributed by atoms with Crippen LogP contribution in [0, 0.1) is 0 Å². The highest BCUT2D eigenvalue weighted by Crippen LogP contribution is 2.24. The van der Waals surface area contributed by atoms with Crippen molar-refractivity contribution in [2.24, 2.45) is 0 Å². The highest BCUT2D eigenvalue weighted by Gasteiger charge is 2.08. The molecule has 0 saturated carbocycles. The van der Waals surface area contributed by atoms with E-state index in [1.807, 2.05) is 30.3 Å². The van der Waals surface area contributed by atoms with E-state index in [1.54, 1.807) is 7.11 Å². The van der Waals surface area contributed by atoms with Crippen LogP contribution in [0.25, 0.3) is 0 Å². The zero-order chi connectivity index (χ0) is 14.2. The normalized spacial score (nSPS) is 10.2. The van der Waals surface area contributed by atoms with Crippen LogP contribution in [0.5, 0.6) is 5.88 Å². The van der Waals surface area contributed by atoms with Crippen LogP contribution in [0.2, 0.25) is 0 Å². The Morgan fingerprint density at radius 3 is 2.70 bits per heavy atom.